The first kappa shape index (κ1) is 17.9. The third-order valence-electron chi connectivity index (χ3n) is 5.00. The summed E-state index contributed by atoms with van der Waals surface area (Å²) in [5.41, 5.74) is 1.74. The summed E-state index contributed by atoms with van der Waals surface area (Å²) in [5, 5.41) is 4.79. The Bertz CT molecular complexity index is 1050. The SMILES string of the molecule is CC(C)n1cc(C(=O)N2CCC[C@H](n3c(=O)oc4ccc(Cl)cc43)C2)cn1. The quantitative estimate of drug-likeness (QED) is 0.688. The largest absolute Gasteiger partial charge is 0.420 e. The monoisotopic (exact) mass is 388 g/mol. The van der Waals surface area contributed by atoms with E-state index >= 15 is 0 Å². The van der Waals surface area contributed by atoms with Crippen LogP contribution in [-0.4, -0.2) is 38.2 Å². The maximum absolute atomic E-state index is 12.9. The highest BCUT2D eigenvalue weighted by Gasteiger charge is 2.29. The molecule has 0 aliphatic carbocycles. The Hall–Kier alpha value is -2.54. The standard InChI is InChI=1S/C19H21ClN4O3/c1-12(2)23-10-13(9-21-23)18(25)22-7-3-4-15(11-22)24-16-8-14(20)5-6-17(16)27-19(24)26/h5-6,8-10,12,15H,3-4,7,11H2,1-2H3/t15-/m0/s1. The van der Waals surface area contributed by atoms with Gasteiger partial charge in [-0.05, 0) is 44.9 Å². The van der Waals surface area contributed by atoms with E-state index in [4.69, 9.17) is 16.0 Å². The van der Waals surface area contributed by atoms with Crippen molar-refractivity contribution in [2.24, 2.45) is 0 Å². The number of aromatic nitrogens is 3. The number of likely N-dealkylation sites (tertiary alicyclic amines) is 1. The molecule has 1 amide bonds. The highest BCUT2D eigenvalue weighted by Crippen LogP contribution is 2.27. The van der Waals surface area contributed by atoms with Gasteiger partial charge in [-0.1, -0.05) is 11.6 Å². The molecule has 1 saturated heterocycles. The second-order valence-corrected chi connectivity index (χ2v) is 7.64. The molecule has 1 aromatic carbocycles. The molecule has 0 unspecified atom stereocenters. The van der Waals surface area contributed by atoms with Gasteiger partial charge in [0, 0.05) is 30.4 Å². The summed E-state index contributed by atoms with van der Waals surface area (Å²) in [7, 11) is 0. The zero-order valence-electron chi connectivity index (χ0n) is 15.3. The molecule has 3 aromatic rings. The third kappa shape index (κ3) is 3.27. The van der Waals surface area contributed by atoms with Gasteiger partial charge in [0.25, 0.3) is 5.91 Å². The number of benzene rings is 1. The van der Waals surface area contributed by atoms with Crippen LogP contribution in [0.4, 0.5) is 0 Å². The van der Waals surface area contributed by atoms with Crippen LogP contribution in [0.5, 0.6) is 0 Å². The number of carbonyl (C=O) groups is 1. The van der Waals surface area contributed by atoms with Crippen molar-refractivity contribution in [2.45, 2.75) is 38.8 Å². The zero-order valence-corrected chi connectivity index (χ0v) is 16.0. The van der Waals surface area contributed by atoms with E-state index in [1.807, 2.05) is 13.8 Å². The number of amides is 1. The molecular formula is C19H21ClN4O3. The van der Waals surface area contributed by atoms with E-state index in [1.54, 1.807) is 44.7 Å². The van der Waals surface area contributed by atoms with E-state index in [1.165, 1.54) is 0 Å². The number of nitrogens with zero attached hydrogens (tertiary/aromatic N) is 4. The number of hydrogen-bond donors (Lipinski definition) is 0. The average molecular weight is 389 g/mol. The molecule has 2 aromatic heterocycles. The highest BCUT2D eigenvalue weighted by atomic mass is 35.5. The van der Waals surface area contributed by atoms with Crippen molar-refractivity contribution in [3.8, 4) is 0 Å². The van der Waals surface area contributed by atoms with Gasteiger partial charge >= 0.3 is 5.76 Å². The molecule has 0 saturated carbocycles. The number of piperidine rings is 1. The number of fused-ring (bicyclic) bond motifs is 1. The van der Waals surface area contributed by atoms with Gasteiger partial charge in [-0.15, -0.1) is 0 Å². The highest BCUT2D eigenvalue weighted by molar-refractivity contribution is 6.31. The van der Waals surface area contributed by atoms with E-state index in [9.17, 15) is 9.59 Å². The number of rotatable bonds is 3. The van der Waals surface area contributed by atoms with Gasteiger partial charge in [-0.2, -0.15) is 5.10 Å². The Morgan fingerprint density at radius 2 is 2.19 bits per heavy atom. The second-order valence-electron chi connectivity index (χ2n) is 7.20. The van der Waals surface area contributed by atoms with Gasteiger partial charge in [-0.25, -0.2) is 4.79 Å². The fourth-order valence-electron chi connectivity index (χ4n) is 3.62. The Balaban J connectivity index is 1.61. The average Bonchev–Trinajstić information content (AvgIpc) is 3.25. The van der Waals surface area contributed by atoms with Crippen molar-refractivity contribution in [1.82, 2.24) is 19.2 Å². The van der Waals surface area contributed by atoms with E-state index < -0.39 is 5.76 Å². The smallest absolute Gasteiger partial charge is 0.408 e. The Morgan fingerprint density at radius 1 is 1.37 bits per heavy atom. The van der Waals surface area contributed by atoms with Gasteiger partial charge in [0.15, 0.2) is 5.58 Å². The van der Waals surface area contributed by atoms with Crippen LogP contribution in [0.1, 0.15) is 49.1 Å². The molecule has 0 N–H and O–H groups in total. The minimum atomic E-state index is -0.417. The first-order chi connectivity index (χ1) is 12.9. The summed E-state index contributed by atoms with van der Waals surface area (Å²) in [4.78, 5) is 27.1. The molecule has 1 atom stereocenters. The fraction of sp³-hybridized carbons (Fsp3) is 0.421. The molecule has 1 aliphatic heterocycles. The van der Waals surface area contributed by atoms with Crippen LogP contribution < -0.4 is 5.76 Å². The minimum absolute atomic E-state index is 0.0644. The van der Waals surface area contributed by atoms with Crippen molar-refractivity contribution in [1.29, 1.82) is 0 Å². The summed E-state index contributed by atoms with van der Waals surface area (Å²) in [6.45, 7) is 5.14. The first-order valence-electron chi connectivity index (χ1n) is 9.08. The maximum Gasteiger partial charge on any atom is 0.420 e. The summed E-state index contributed by atoms with van der Waals surface area (Å²) >= 11 is 6.09. The molecule has 0 bridgehead atoms. The van der Waals surface area contributed by atoms with Crippen LogP contribution in [0.15, 0.2) is 39.8 Å². The normalized spacial score (nSPS) is 17.8. The lowest BCUT2D eigenvalue weighted by Crippen LogP contribution is -2.42. The molecule has 1 aliphatic rings. The number of carbonyl (C=O) groups excluding carboxylic acids is 1. The van der Waals surface area contributed by atoms with Crippen LogP contribution in [-0.2, 0) is 0 Å². The van der Waals surface area contributed by atoms with E-state index in [0.29, 0.717) is 34.8 Å². The molecule has 27 heavy (non-hydrogen) atoms. The van der Waals surface area contributed by atoms with Crippen molar-refractivity contribution in [2.75, 3.05) is 13.1 Å². The topological polar surface area (TPSA) is 73.3 Å². The van der Waals surface area contributed by atoms with Gasteiger partial charge in [0.2, 0.25) is 0 Å². The van der Waals surface area contributed by atoms with Gasteiger partial charge in [-0.3, -0.25) is 14.0 Å². The Labute approximate surface area is 161 Å². The van der Waals surface area contributed by atoms with Crippen LogP contribution >= 0.6 is 11.6 Å². The van der Waals surface area contributed by atoms with Crippen LogP contribution in [0.25, 0.3) is 11.1 Å². The molecule has 4 rings (SSSR count). The summed E-state index contributed by atoms with van der Waals surface area (Å²) in [6, 6.07) is 5.17. The van der Waals surface area contributed by atoms with Crippen LogP contribution in [0.3, 0.4) is 0 Å². The number of oxazole rings is 1. The number of halogens is 1. The van der Waals surface area contributed by atoms with Gasteiger partial charge in [0.1, 0.15) is 0 Å². The molecule has 0 radical (unpaired) electrons. The molecule has 1 fully saturated rings. The third-order valence-corrected chi connectivity index (χ3v) is 5.24. The number of hydrogen-bond acceptors (Lipinski definition) is 4. The summed E-state index contributed by atoms with van der Waals surface area (Å²) in [5.74, 6) is -0.482. The van der Waals surface area contributed by atoms with Crippen molar-refractivity contribution >= 4 is 28.6 Å². The van der Waals surface area contributed by atoms with E-state index in [0.717, 1.165) is 12.8 Å². The first-order valence-corrected chi connectivity index (χ1v) is 9.46. The lowest BCUT2D eigenvalue weighted by Gasteiger charge is -2.32. The van der Waals surface area contributed by atoms with Crippen molar-refractivity contribution in [3.05, 3.63) is 51.7 Å². The van der Waals surface area contributed by atoms with Gasteiger partial charge < -0.3 is 9.32 Å². The zero-order chi connectivity index (χ0) is 19.1. The summed E-state index contributed by atoms with van der Waals surface area (Å²) in [6.07, 6.45) is 4.99. The lowest BCUT2D eigenvalue weighted by molar-refractivity contribution is 0.0677. The predicted octanol–water partition coefficient (Wildman–Crippen LogP) is 3.50. The van der Waals surface area contributed by atoms with E-state index in [-0.39, 0.29) is 18.0 Å². The predicted molar refractivity (Wildman–Crippen MR) is 102 cm³/mol. The maximum atomic E-state index is 12.9. The summed E-state index contributed by atoms with van der Waals surface area (Å²) < 4.78 is 8.74. The molecule has 0 spiro atoms. The Kier molecular flexibility index (Phi) is 4.55. The molecule has 8 heteroatoms. The van der Waals surface area contributed by atoms with E-state index in [2.05, 4.69) is 5.10 Å². The van der Waals surface area contributed by atoms with Crippen molar-refractivity contribution < 1.29 is 9.21 Å². The second kappa shape index (κ2) is 6.88. The molecule has 7 nitrogen and oxygen atoms in total. The van der Waals surface area contributed by atoms with Crippen molar-refractivity contribution in [3.63, 3.8) is 0 Å². The lowest BCUT2D eigenvalue weighted by atomic mass is 10.0. The molecule has 142 valence electrons. The Morgan fingerprint density at radius 3 is 2.93 bits per heavy atom. The van der Waals surface area contributed by atoms with Crippen LogP contribution in [0.2, 0.25) is 5.02 Å². The molecule has 3 heterocycles. The van der Waals surface area contributed by atoms with Crippen LogP contribution in [0, 0.1) is 0 Å². The molecular weight excluding hydrogens is 368 g/mol. The minimum Gasteiger partial charge on any atom is -0.408 e. The van der Waals surface area contributed by atoms with Gasteiger partial charge in [0.05, 0.1) is 23.3 Å². The fourth-order valence-corrected chi connectivity index (χ4v) is 3.78.